The van der Waals surface area contributed by atoms with Crippen LogP contribution in [0.4, 0.5) is 5.69 Å². The molecule has 5 nitrogen and oxygen atoms in total. The van der Waals surface area contributed by atoms with Crippen LogP contribution in [0.5, 0.6) is 0 Å². The molecule has 2 heterocycles. The largest absolute Gasteiger partial charge is 0.445 e. The number of nitrogens with zero attached hydrogens (tertiary/aromatic N) is 1. The number of esters is 1. The van der Waals surface area contributed by atoms with Crippen LogP contribution in [0, 0.1) is 11.3 Å². The first-order chi connectivity index (χ1) is 12.1. The second-order valence-electron chi connectivity index (χ2n) is 7.62. The minimum Gasteiger partial charge on any atom is -0.445 e. The standard InChI is InChI=1S/C20H20N2O3S/c1-19(2,3)16-9-14(15(11-21)26-16)22-18(24)20(4)10-12-7-5-6-8-13(12)17(23)25-20/h5-9H,10H2,1-4H3,(H,22,24). The monoisotopic (exact) mass is 368 g/mol. The van der Waals surface area contributed by atoms with E-state index in [1.807, 2.05) is 39.0 Å². The number of nitriles is 1. The number of thiophene rings is 1. The Hall–Kier alpha value is -2.65. The van der Waals surface area contributed by atoms with Crippen molar-refractivity contribution in [2.45, 2.75) is 45.1 Å². The summed E-state index contributed by atoms with van der Waals surface area (Å²) in [5.41, 5.74) is 0.286. The van der Waals surface area contributed by atoms with Gasteiger partial charge in [0.2, 0.25) is 0 Å². The molecular weight excluding hydrogens is 348 g/mol. The first-order valence-corrected chi connectivity index (χ1v) is 9.13. The van der Waals surface area contributed by atoms with Gasteiger partial charge in [0.1, 0.15) is 10.9 Å². The smallest absolute Gasteiger partial charge is 0.339 e. The molecule has 26 heavy (non-hydrogen) atoms. The topological polar surface area (TPSA) is 79.2 Å². The normalized spacial score (nSPS) is 19.3. The zero-order valence-corrected chi connectivity index (χ0v) is 16.0. The predicted octanol–water partition coefficient (Wildman–Crippen LogP) is 4.03. The van der Waals surface area contributed by atoms with E-state index < -0.39 is 17.5 Å². The predicted molar refractivity (Wildman–Crippen MR) is 100 cm³/mol. The third-order valence-electron chi connectivity index (χ3n) is 4.38. The number of nitrogens with one attached hydrogen (secondary N) is 1. The van der Waals surface area contributed by atoms with E-state index in [2.05, 4.69) is 11.4 Å². The van der Waals surface area contributed by atoms with Crippen molar-refractivity contribution in [2.24, 2.45) is 0 Å². The summed E-state index contributed by atoms with van der Waals surface area (Å²) < 4.78 is 5.45. The van der Waals surface area contributed by atoms with Crippen LogP contribution in [0.2, 0.25) is 0 Å². The van der Waals surface area contributed by atoms with Gasteiger partial charge in [-0.15, -0.1) is 11.3 Å². The highest BCUT2D eigenvalue weighted by molar-refractivity contribution is 7.13. The van der Waals surface area contributed by atoms with Crippen molar-refractivity contribution < 1.29 is 14.3 Å². The Morgan fingerprint density at radius 3 is 2.69 bits per heavy atom. The van der Waals surface area contributed by atoms with Crippen molar-refractivity contribution in [1.29, 1.82) is 5.26 Å². The number of ether oxygens (including phenoxy) is 1. The fourth-order valence-corrected chi connectivity index (χ4v) is 3.82. The van der Waals surface area contributed by atoms with Gasteiger partial charge >= 0.3 is 5.97 Å². The summed E-state index contributed by atoms with van der Waals surface area (Å²) in [5, 5.41) is 12.2. The quantitative estimate of drug-likeness (QED) is 0.812. The fraction of sp³-hybridized carbons (Fsp3) is 0.350. The molecular formula is C20H20N2O3S. The number of hydrogen-bond donors (Lipinski definition) is 1. The van der Waals surface area contributed by atoms with Crippen molar-refractivity contribution in [1.82, 2.24) is 0 Å². The van der Waals surface area contributed by atoms with Crippen LogP contribution >= 0.6 is 11.3 Å². The molecule has 1 unspecified atom stereocenters. The Morgan fingerprint density at radius 1 is 1.35 bits per heavy atom. The molecule has 134 valence electrons. The fourth-order valence-electron chi connectivity index (χ4n) is 2.85. The van der Waals surface area contributed by atoms with Gasteiger partial charge in [0.15, 0.2) is 5.60 Å². The Bertz CT molecular complexity index is 933. The maximum atomic E-state index is 12.9. The van der Waals surface area contributed by atoms with Crippen molar-refractivity contribution >= 4 is 28.9 Å². The van der Waals surface area contributed by atoms with E-state index in [4.69, 9.17) is 4.74 Å². The van der Waals surface area contributed by atoms with Crippen LogP contribution < -0.4 is 5.32 Å². The van der Waals surface area contributed by atoms with E-state index in [-0.39, 0.29) is 5.41 Å². The number of carbonyl (C=O) groups is 2. The average molecular weight is 368 g/mol. The molecule has 1 aromatic heterocycles. The van der Waals surface area contributed by atoms with Gasteiger partial charge in [-0.2, -0.15) is 5.26 Å². The summed E-state index contributed by atoms with van der Waals surface area (Å²) in [7, 11) is 0. The number of benzene rings is 1. The lowest BCUT2D eigenvalue weighted by atomic mass is 9.89. The summed E-state index contributed by atoms with van der Waals surface area (Å²) in [6, 6.07) is 11.1. The lowest BCUT2D eigenvalue weighted by Gasteiger charge is -2.32. The van der Waals surface area contributed by atoms with Gasteiger partial charge in [0, 0.05) is 11.3 Å². The molecule has 1 N–H and O–H groups in total. The number of amides is 1. The van der Waals surface area contributed by atoms with E-state index >= 15 is 0 Å². The van der Waals surface area contributed by atoms with E-state index in [0.717, 1.165) is 10.4 Å². The molecule has 3 rings (SSSR count). The van der Waals surface area contributed by atoms with Gasteiger partial charge in [-0.25, -0.2) is 4.79 Å². The molecule has 1 aliphatic rings. The molecule has 2 aromatic rings. The molecule has 0 spiro atoms. The van der Waals surface area contributed by atoms with Crippen molar-refractivity contribution in [3.8, 4) is 6.07 Å². The molecule has 1 amide bonds. The second kappa shape index (κ2) is 6.26. The first kappa shape index (κ1) is 18.2. The number of fused-ring (bicyclic) bond motifs is 1. The molecule has 1 aromatic carbocycles. The SMILES string of the molecule is CC1(C(=O)Nc2cc(C(C)(C)C)sc2C#N)Cc2ccccc2C(=O)O1. The maximum absolute atomic E-state index is 12.9. The number of rotatable bonds is 2. The van der Waals surface area contributed by atoms with Gasteiger partial charge in [-0.1, -0.05) is 39.0 Å². The van der Waals surface area contributed by atoms with Crippen molar-refractivity contribution in [3.63, 3.8) is 0 Å². The number of cyclic esters (lactones) is 1. The molecule has 6 heteroatoms. The van der Waals surface area contributed by atoms with Crippen LogP contribution in [-0.4, -0.2) is 17.5 Å². The third-order valence-corrected chi connectivity index (χ3v) is 5.85. The summed E-state index contributed by atoms with van der Waals surface area (Å²) in [5.74, 6) is -0.944. The Morgan fingerprint density at radius 2 is 2.04 bits per heavy atom. The highest BCUT2D eigenvalue weighted by atomic mass is 32.1. The van der Waals surface area contributed by atoms with Crippen LogP contribution in [0.1, 0.15) is 53.4 Å². The van der Waals surface area contributed by atoms with Crippen LogP contribution in [0.25, 0.3) is 0 Å². The summed E-state index contributed by atoms with van der Waals surface area (Å²) in [6.07, 6.45) is 0.291. The van der Waals surface area contributed by atoms with Crippen LogP contribution in [0.15, 0.2) is 30.3 Å². The van der Waals surface area contributed by atoms with Gasteiger partial charge in [0.05, 0.1) is 11.3 Å². The molecule has 0 saturated heterocycles. The lowest BCUT2D eigenvalue weighted by molar-refractivity contribution is -0.134. The van der Waals surface area contributed by atoms with E-state index in [1.165, 1.54) is 11.3 Å². The van der Waals surface area contributed by atoms with Gasteiger partial charge in [-0.05, 0) is 30.0 Å². The minimum absolute atomic E-state index is 0.126. The molecule has 0 radical (unpaired) electrons. The Kier molecular flexibility index (Phi) is 4.37. The molecule has 0 bridgehead atoms. The number of carbonyl (C=O) groups excluding carboxylic acids is 2. The highest BCUT2D eigenvalue weighted by Crippen LogP contribution is 2.36. The number of hydrogen-bond acceptors (Lipinski definition) is 5. The van der Waals surface area contributed by atoms with Crippen LogP contribution in [-0.2, 0) is 21.4 Å². The van der Waals surface area contributed by atoms with E-state index in [0.29, 0.717) is 22.5 Å². The zero-order valence-electron chi connectivity index (χ0n) is 15.2. The highest BCUT2D eigenvalue weighted by Gasteiger charge is 2.43. The third kappa shape index (κ3) is 3.23. The summed E-state index contributed by atoms with van der Waals surface area (Å²) >= 11 is 1.36. The van der Waals surface area contributed by atoms with Crippen molar-refractivity contribution in [2.75, 3.05) is 5.32 Å². The van der Waals surface area contributed by atoms with Crippen LogP contribution in [0.3, 0.4) is 0 Å². The summed E-state index contributed by atoms with van der Waals surface area (Å²) in [4.78, 5) is 26.6. The van der Waals surface area contributed by atoms with E-state index in [9.17, 15) is 14.9 Å². The molecule has 0 fully saturated rings. The Balaban J connectivity index is 1.88. The maximum Gasteiger partial charge on any atom is 0.339 e. The molecule has 1 atom stereocenters. The lowest BCUT2D eigenvalue weighted by Crippen LogP contribution is -2.48. The minimum atomic E-state index is -1.32. The molecule has 0 saturated carbocycles. The van der Waals surface area contributed by atoms with E-state index in [1.54, 1.807) is 19.1 Å². The van der Waals surface area contributed by atoms with Gasteiger partial charge in [-0.3, -0.25) is 4.79 Å². The van der Waals surface area contributed by atoms with Gasteiger partial charge in [0.25, 0.3) is 5.91 Å². The second-order valence-corrected chi connectivity index (χ2v) is 8.68. The average Bonchev–Trinajstić information content (AvgIpc) is 2.98. The zero-order chi connectivity index (χ0) is 19.1. The Labute approximate surface area is 156 Å². The first-order valence-electron chi connectivity index (χ1n) is 8.31. The van der Waals surface area contributed by atoms with Crippen molar-refractivity contribution in [3.05, 3.63) is 51.2 Å². The summed E-state index contributed by atoms with van der Waals surface area (Å²) in [6.45, 7) is 7.74. The van der Waals surface area contributed by atoms with Gasteiger partial charge < -0.3 is 10.1 Å². The number of anilines is 1. The molecule has 1 aliphatic heterocycles. The molecule has 0 aliphatic carbocycles.